The van der Waals surface area contributed by atoms with Crippen molar-refractivity contribution in [2.45, 2.75) is 56.9 Å². The lowest BCUT2D eigenvalue weighted by Gasteiger charge is -2.56. The number of phenolic OH excluding ortho intramolecular Hbond substituents is 1. The van der Waals surface area contributed by atoms with E-state index in [1.807, 2.05) is 6.92 Å². The first kappa shape index (κ1) is 31.9. The molecule has 10 atom stereocenters. The number of ketones is 4. The van der Waals surface area contributed by atoms with Crippen LogP contribution in [0.15, 0.2) is 12.1 Å². The number of hydroxylamine groups is 2. The Balaban J connectivity index is 1.56. The largest absolute Gasteiger partial charge is 0.505 e. The summed E-state index contributed by atoms with van der Waals surface area (Å²) in [5.74, 6) is -14.6. The minimum absolute atomic E-state index is 0.0976. The van der Waals surface area contributed by atoms with Crippen molar-refractivity contribution in [3.8, 4) is 5.75 Å². The Morgan fingerprint density at radius 1 is 1.18 bits per heavy atom. The fourth-order valence-corrected chi connectivity index (χ4v) is 7.68. The number of hydrogen-bond donors (Lipinski definition) is 5. The second kappa shape index (κ2) is 11.1. The molecule has 2 saturated carbocycles. The van der Waals surface area contributed by atoms with Gasteiger partial charge in [0.25, 0.3) is 0 Å². The highest BCUT2D eigenvalue weighted by Gasteiger charge is 2.72. The number of rotatable bonds is 6. The molecule has 1 saturated heterocycles. The summed E-state index contributed by atoms with van der Waals surface area (Å²) in [5.41, 5.74) is 2.14. The van der Waals surface area contributed by atoms with Crippen LogP contribution in [0.2, 0.25) is 0 Å². The van der Waals surface area contributed by atoms with Crippen LogP contribution in [-0.4, -0.2) is 111 Å². The number of aliphatic hydroxyl groups is 2. The van der Waals surface area contributed by atoms with E-state index in [1.54, 1.807) is 18.9 Å². The third-order valence-corrected chi connectivity index (χ3v) is 9.80. The van der Waals surface area contributed by atoms with Gasteiger partial charge in [-0.1, -0.05) is 26.8 Å². The van der Waals surface area contributed by atoms with Crippen molar-refractivity contribution in [3.63, 3.8) is 0 Å². The van der Waals surface area contributed by atoms with E-state index in [2.05, 4.69) is 5.32 Å². The van der Waals surface area contributed by atoms with E-state index >= 15 is 0 Å². The van der Waals surface area contributed by atoms with Crippen molar-refractivity contribution in [3.05, 3.63) is 23.3 Å². The van der Waals surface area contributed by atoms with Crippen molar-refractivity contribution in [2.24, 2.45) is 35.3 Å². The quantitative estimate of drug-likeness (QED) is 0.193. The number of carbonyl (C=O) groups is 6. The number of aromatic hydroxyl groups is 1. The number of phenols is 1. The lowest BCUT2D eigenvalue weighted by molar-refractivity contribution is -0.196. The zero-order valence-corrected chi connectivity index (χ0v) is 25.1. The molecule has 44 heavy (non-hydrogen) atoms. The lowest BCUT2D eigenvalue weighted by Crippen LogP contribution is -2.77. The maximum absolute atomic E-state index is 14.1. The van der Waals surface area contributed by atoms with E-state index in [0.717, 1.165) is 0 Å². The van der Waals surface area contributed by atoms with Gasteiger partial charge in [0, 0.05) is 12.5 Å². The van der Waals surface area contributed by atoms with Crippen LogP contribution in [0, 0.1) is 29.6 Å². The number of fused-ring (bicyclic) bond motifs is 3. The molecule has 0 aromatic heterocycles. The normalized spacial score (nSPS) is 36.1. The SMILES string of the molecule is CCC(C(=O)Nc1ccc2c(c1O)C(=O)C1C(=O)[C@]3(O)C(=O)C(C(N)=O)C(=O)[C@@H](N(C)C)C3C(O)C1C2C)N1CC(C)CO1. The Labute approximate surface area is 253 Å². The molecule has 2 amide bonds. The van der Waals surface area contributed by atoms with E-state index in [9.17, 15) is 44.1 Å². The van der Waals surface area contributed by atoms with E-state index in [1.165, 1.54) is 31.1 Å². The van der Waals surface area contributed by atoms with Crippen molar-refractivity contribution in [2.75, 3.05) is 32.6 Å². The minimum Gasteiger partial charge on any atom is -0.505 e. The topological polar surface area (TPSA) is 217 Å². The van der Waals surface area contributed by atoms with Gasteiger partial charge in [-0.25, -0.2) is 0 Å². The van der Waals surface area contributed by atoms with Gasteiger partial charge in [0.2, 0.25) is 11.8 Å². The molecule has 0 spiro atoms. The molecule has 6 N–H and O–H groups in total. The summed E-state index contributed by atoms with van der Waals surface area (Å²) in [6.45, 7) is 6.39. The zero-order chi connectivity index (χ0) is 32.6. The number of aliphatic hydroxyl groups excluding tert-OH is 1. The van der Waals surface area contributed by atoms with E-state index in [-0.39, 0.29) is 22.7 Å². The van der Waals surface area contributed by atoms with Gasteiger partial charge in [-0.2, -0.15) is 5.06 Å². The van der Waals surface area contributed by atoms with Crippen LogP contribution < -0.4 is 11.1 Å². The predicted molar refractivity (Wildman–Crippen MR) is 152 cm³/mol. The van der Waals surface area contributed by atoms with Gasteiger partial charge in [-0.05, 0) is 44.0 Å². The molecular weight excluding hydrogens is 576 g/mol. The summed E-state index contributed by atoms with van der Waals surface area (Å²) < 4.78 is 0. The Morgan fingerprint density at radius 3 is 2.39 bits per heavy atom. The molecule has 5 rings (SSSR count). The third-order valence-electron chi connectivity index (χ3n) is 9.80. The lowest BCUT2D eigenvalue weighted by atomic mass is 9.49. The molecular formula is C30H38N4O10. The average molecular weight is 615 g/mol. The Bertz CT molecular complexity index is 1460. The Hall–Kier alpha value is -3.56. The van der Waals surface area contributed by atoms with Crippen molar-refractivity contribution in [1.82, 2.24) is 9.96 Å². The number of nitrogens with two attached hydrogens (primary N) is 1. The van der Waals surface area contributed by atoms with Gasteiger partial charge >= 0.3 is 0 Å². The molecule has 1 heterocycles. The number of amides is 2. The maximum Gasteiger partial charge on any atom is 0.244 e. The molecule has 4 aliphatic rings. The Morgan fingerprint density at radius 2 is 1.84 bits per heavy atom. The van der Waals surface area contributed by atoms with Crippen LogP contribution in [0.5, 0.6) is 5.75 Å². The number of hydrogen-bond acceptors (Lipinski definition) is 12. The minimum atomic E-state index is -3.08. The highest BCUT2D eigenvalue weighted by molar-refractivity contribution is 6.32. The van der Waals surface area contributed by atoms with E-state index in [4.69, 9.17) is 10.6 Å². The number of carbonyl (C=O) groups excluding carboxylic acids is 6. The second-order valence-corrected chi connectivity index (χ2v) is 12.7. The summed E-state index contributed by atoms with van der Waals surface area (Å²) in [7, 11) is 2.86. The van der Waals surface area contributed by atoms with Crippen molar-refractivity contribution >= 4 is 40.6 Å². The number of likely N-dealkylation sites (N-methyl/N-ethyl adjacent to an activating group) is 1. The molecule has 1 aliphatic heterocycles. The number of benzene rings is 1. The van der Waals surface area contributed by atoms with E-state index in [0.29, 0.717) is 19.6 Å². The fraction of sp³-hybridized carbons (Fsp3) is 0.600. The number of anilines is 1. The molecule has 3 fully saturated rings. The molecule has 8 unspecified atom stereocenters. The number of nitrogens with zero attached hydrogens (tertiary/aromatic N) is 2. The van der Waals surface area contributed by atoms with Crippen LogP contribution in [-0.2, 0) is 28.8 Å². The molecule has 0 bridgehead atoms. The van der Waals surface area contributed by atoms with Crippen LogP contribution in [0.1, 0.15) is 49.0 Å². The van der Waals surface area contributed by atoms with Gasteiger partial charge in [-0.15, -0.1) is 0 Å². The van der Waals surface area contributed by atoms with Crippen LogP contribution >= 0.6 is 0 Å². The number of primary amides is 1. The highest BCUT2D eigenvalue weighted by Crippen LogP contribution is 2.55. The molecule has 0 radical (unpaired) electrons. The second-order valence-electron chi connectivity index (χ2n) is 12.7. The van der Waals surface area contributed by atoms with Gasteiger partial charge in [0.1, 0.15) is 11.8 Å². The molecule has 14 nitrogen and oxygen atoms in total. The first-order valence-electron chi connectivity index (χ1n) is 14.7. The molecule has 1 aromatic rings. The third kappa shape index (κ3) is 4.42. The summed E-state index contributed by atoms with van der Waals surface area (Å²) in [4.78, 5) is 87.2. The Kier molecular flexibility index (Phi) is 8.04. The van der Waals surface area contributed by atoms with Gasteiger partial charge in [-0.3, -0.25) is 38.5 Å². The molecule has 14 heteroatoms. The first-order valence-corrected chi connectivity index (χ1v) is 14.7. The smallest absolute Gasteiger partial charge is 0.244 e. The molecule has 1 aromatic carbocycles. The monoisotopic (exact) mass is 614 g/mol. The van der Waals surface area contributed by atoms with Crippen LogP contribution in [0.3, 0.4) is 0 Å². The van der Waals surface area contributed by atoms with Gasteiger partial charge in [0.05, 0.1) is 41.8 Å². The number of nitrogens with one attached hydrogen (secondary N) is 1. The molecule has 238 valence electrons. The van der Waals surface area contributed by atoms with Crippen molar-refractivity contribution in [1.29, 1.82) is 0 Å². The average Bonchev–Trinajstić information content (AvgIpc) is 3.37. The zero-order valence-electron chi connectivity index (χ0n) is 25.1. The maximum atomic E-state index is 14.1. The summed E-state index contributed by atoms with van der Waals surface area (Å²) >= 11 is 0. The first-order chi connectivity index (χ1) is 20.6. The standard InChI is InChI=1S/C30H38N4O10/c1-6-15(34-9-11(2)10-44-34)29(42)32-14-8-7-13-12(3)16-18(23(36)17(13)22(14)35)26(39)30(43)20(24(16)37)21(33(4)5)25(38)19(27(30)40)28(31)41/h7-8,11-12,15-16,18-21,24,35,37,43H,6,9-10H2,1-5H3,(H2,31,41)(H,32,42)/t11?,12?,15?,16?,18?,19?,20?,21-,24?,30-/m0/s1. The van der Waals surface area contributed by atoms with Crippen molar-refractivity contribution < 1.29 is 48.9 Å². The van der Waals surface area contributed by atoms with E-state index < -0.39 is 94.1 Å². The summed E-state index contributed by atoms with van der Waals surface area (Å²) in [6, 6.07) is 0.787. The number of Topliss-reactive ketones (excluding diaryl/α,β-unsaturated/α-hetero) is 4. The summed E-state index contributed by atoms with van der Waals surface area (Å²) in [5, 5.41) is 38.9. The predicted octanol–water partition coefficient (Wildman–Crippen LogP) is -1.00. The summed E-state index contributed by atoms with van der Waals surface area (Å²) in [6.07, 6.45) is -1.33. The van der Waals surface area contributed by atoms with Gasteiger partial charge < -0.3 is 26.4 Å². The van der Waals surface area contributed by atoms with Crippen LogP contribution in [0.25, 0.3) is 0 Å². The molecule has 3 aliphatic carbocycles. The fourth-order valence-electron chi connectivity index (χ4n) is 7.68. The highest BCUT2D eigenvalue weighted by atomic mass is 16.7. The van der Waals surface area contributed by atoms with Gasteiger partial charge in [0.15, 0.2) is 34.7 Å². The van der Waals surface area contributed by atoms with Crippen LogP contribution in [0.4, 0.5) is 5.69 Å².